The van der Waals surface area contributed by atoms with E-state index >= 15 is 0 Å². The van der Waals surface area contributed by atoms with Crippen LogP contribution in [0.4, 0.5) is 5.69 Å². The molecule has 0 atom stereocenters. The van der Waals surface area contributed by atoms with E-state index in [0.717, 1.165) is 18.7 Å². The Morgan fingerprint density at radius 1 is 1.47 bits per heavy atom. The molecule has 1 aromatic carbocycles. The summed E-state index contributed by atoms with van der Waals surface area (Å²) in [4.78, 5) is 0. The predicted molar refractivity (Wildman–Crippen MR) is 65.5 cm³/mol. The number of halogens is 1. The van der Waals surface area contributed by atoms with Gasteiger partial charge in [0, 0.05) is 17.8 Å². The van der Waals surface area contributed by atoms with E-state index in [4.69, 9.17) is 16.3 Å². The van der Waals surface area contributed by atoms with Gasteiger partial charge in [-0.15, -0.1) is 0 Å². The van der Waals surface area contributed by atoms with Gasteiger partial charge < -0.3 is 10.1 Å². The third kappa shape index (κ3) is 4.36. The normalized spacial score (nSPS) is 10.0. The van der Waals surface area contributed by atoms with Crippen molar-refractivity contribution in [2.45, 2.75) is 6.42 Å². The molecule has 0 radical (unpaired) electrons. The van der Waals surface area contributed by atoms with Crippen LogP contribution in [0.3, 0.4) is 0 Å². The Hall–Kier alpha value is -0.990. The number of para-hydroxylation sites is 1. The molecule has 0 amide bonds. The summed E-state index contributed by atoms with van der Waals surface area (Å²) >= 11 is 5.70. The largest absolute Gasteiger partial charge is 0.384 e. The maximum absolute atomic E-state index is 5.70. The lowest BCUT2D eigenvalue weighted by atomic mass is 10.1. The van der Waals surface area contributed by atoms with Gasteiger partial charge in [0.1, 0.15) is 0 Å². The number of methoxy groups -OCH3 is 1. The number of rotatable bonds is 6. The van der Waals surface area contributed by atoms with Crippen LogP contribution in [0.15, 0.2) is 35.9 Å². The van der Waals surface area contributed by atoms with Gasteiger partial charge in [-0.2, -0.15) is 0 Å². The summed E-state index contributed by atoms with van der Waals surface area (Å²) in [5.41, 5.74) is 2.33. The van der Waals surface area contributed by atoms with Gasteiger partial charge in [-0.1, -0.05) is 36.4 Å². The minimum absolute atomic E-state index is 0.589. The van der Waals surface area contributed by atoms with E-state index in [1.54, 1.807) is 7.11 Å². The SMILES string of the molecule is C=C(Cl)CNc1ccccc1CCOC. The molecule has 0 bridgehead atoms. The number of hydrogen-bond acceptors (Lipinski definition) is 2. The molecular weight excluding hydrogens is 210 g/mol. The second-order valence-corrected chi connectivity index (χ2v) is 3.81. The third-order valence-electron chi connectivity index (χ3n) is 2.06. The van der Waals surface area contributed by atoms with E-state index in [0.29, 0.717) is 11.6 Å². The molecule has 0 heterocycles. The highest BCUT2D eigenvalue weighted by Gasteiger charge is 2.00. The van der Waals surface area contributed by atoms with Gasteiger partial charge in [0.05, 0.1) is 13.2 Å². The molecule has 0 aliphatic heterocycles. The zero-order chi connectivity index (χ0) is 11.1. The molecule has 0 spiro atoms. The van der Waals surface area contributed by atoms with Crippen molar-refractivity contribution in [2.24, 2.45) is 0 Å². The van der Waals surface area contributed by atoms with Crippen molar-refractivity contribution < 1.29 is 4.74 Å². The summed E-state index contributed by atoms with van der Waals surface area (Å²) in [7, 11) is 1.71. The van der Waals surface area contributed by atoms with Crippen LogP contribution >= 0.6 is 11.6 Å². The van der Waals surface area contributed by atoms with Crippen molar-refractivity contribution in [2.75, 3.05) is 25.6 Å². The van der Waals surface area contributed by atoms with Crippen LogP contribution < -0.4 is 5.32 Å². The third-order valence-corrected chi connectivity index (χ3v) is 2.20. The minimum Gasteiger partial charge on any atom is -0.384 e. The lowest BCUT2D eigenvalue weighted by molar-refractivity contribution is 0.202. The molecule has 1 aromatic rings. The highest BCUT2D eigenvalue weighted by molar-refractivity contribution is 6.29. The number of nitrogens with one attached hydrogen (secondary N) is 1. The number of anilines is 1. The van der Waals surface area contributed by atoms with E-state index in [1.165, 1.54) is 5.56 Å². The van der Waals surface area contributed by atoms with Gasteiger partial charge in [-0.3, -0.25) is 0 Å². The highest BCUT2D eigenvalue weighted by atomic mass is 35.5. The molecular formula is C12H16ClNO. The van der Waals surface area contributed by atoms with Crippen molar-refractivity contribution in [1.29, 1.82) is 0 Å². The topological polar surface area (TPSA) is 21.3 Å². The highest BCUT2D eigenvalue weighted by Crippen LogP contribution is 2.16. The second-order valence-electron chi connectivity index (χ2n) is 3.27. The second kappa shape index (κ2) is 6.49. The van der Waals surface area contributed by atoms with Gasteiger partial charge in [0.15, 0.2) is 0 Å². The summed E-state index contributed by atoms with van der Waals surface area (Å²) < 4.78 is 5.05. The molecule has 1 rings (SSSR count). The van der Waals surface area contributed by atoms with E-state index in [1.807, 2.05) is 18.2 Å². The fourth-order valence-electron chi connectivity index (χ4n) is 1.31. The first-order valence-corrected chi connectivity index (χ1v) is 5.26. The Kier molecular flexibility index (Phi) is 5.22. The van der Waals surface area contributed by atoms with Crippen LogP contribution in [0.1, 0.15) is 5.56 Å². The van der Waals surface area contributed by atoms with Crippen molar-refractivity contribution >= 4 is 17.3 Å². The minimum atomic E-state index is 0.589. The summed E-state index contributed by atoms with van der Waals surface area (Å²) in [6.45, 7) is 4.95. The number of ether oxygens (including phenoxy) is 1. The maximum atomic E-state index is 5.70. The van der Waals surface area contributed by atoms with Crippen LogP contribution in [-0.2, 0) is 11.2 Å². The van der Waals surface area contributed by atoms with Crippen LogP contribution in [0.25, 0.3) is 0 Å². The molecule has 1 N–H and O–H groups in total. The first-order valence-electron chi connectivity index (χ1n) is 4.88. The first kappa shape index (κ1) is 12.1. The molecule has 15 heavy (non-hydrogen) atoms. The van der Waals surface area contributed by atoms with Gasteiger partial charge >= 0.3 is 0 Å². The fourth-order valence-corrected chi connectivity index (χ4v) is 1.38. The number of benzene rings is 1. The smallest absolute Gasteiger partial charge is 0.0503 e. The zero-order valence-electron chi connectivity index (χ0n) is 8.92. The predicted octanol–water partition coefficient (Wildman–Crippen LogP) is 3.04. The van der Waals surface area contributed by atoms with E-state index < -0.39 is 0 Å². The zero-order valence-corrected chi connectivity index (χ0v) is 9.68. The van der Waals surface area contributed by atoms with Crippen molar-refractivity contribution in [3.8, 4) is 0 Å². The monoisotopic (exact) mass is 225 g/mol. The molecule has 0 saturated heterocycles. The molecule has 0 unspecified atom stereocenters. The Balaban J connectivity index is 2.63. The summed E-state index contributed by atoms with van der Waals surface area (Å²) in [6, 6.07) is 8.13. The quantitative estimate of drug-likeness (QED) is 0.804. The van der Waals surface area contributed by atoms with Gasteiger partial charge in [0.2, 0.25) is 0 Å². The van der Waals surface area contributed by atoms with Gasteiger partial charge in [-0.05, 0) is 18.1 Å². The fraction of sp³-hybridized carbons (Fsp3) is 0.333. The van der Waals surface area contributed by atoms with Crippen LogP contribution in [-0.4, -0.2) is 20.3 Å². The van der Waals surface area contributed by atoms with E-state index in [9.17, 15) is 0 Å². The van der Waals surface area contributed by atoms with Crippen molar-refractivity contribution in [1.82, 2.24) is 0 Å². The number of hydrogen-bond donors (Lipinski definition) is 1. The van der Waals surface area contributed by atoms with Gasteiger partial charge in [0.25, 0.3) is 0 Å². The molecule has 0 aromatic heterocycles. The lowest BCUT2D eigenvalue weighted by Gasteiger charge is -2.10. The first-order chi connectivity index (χ1) is 7.24. The van der Waals surface area contributed by atoms with Crippen LogP contribution in [0.2, 0.25) is 0 Å². The van der Waals surface area contributed by atoms with Crippen molar-refractivity contribution in [3.05, 3.63) is 41.4 Å². The Labute approximate surface area is 95.9 Å². The van der Waals surface area contributed by atoms with E-state index in [2.05, 4.69) is 18.0 Å². The van der Waals surface area contributed by atoms with Crippen molar-refractivity contribution in [3.63, 3.8) is 0 Å². The summed E-state index contributed by atoms with van der Waals surface area (Å²) in [6.07, 6.45) is 0.897. The molecule has 0 aliphatic carbocycles. The molecule has 2 nitrogen and oxygen atoms in total. The van der Waals surface area contributed by atoms with Crippen LogP contribution in [0, 0.1) is 0 Å². The molecule has 0 aliphatic rings. The molecule has 3 heteroatoms. The molecule has 82 valence electrons. The summed E-state index contributed by atoms with van der Waals surface area (Å²) in [5.74, 6) is 0. The summed E-state index contributed by atoms with van der Waals surface area (Å²) in [5, 5.41) is 3.84. The molecule has 0 fully saturated rings. The molecule has 0 saturated carbocycles. The Morgan fingerprint density at radius 2 is 2.20 bits per heavy atom. The maximum Gasteiger partial charge on any atom is 0.0503 e. The van der Waals surface area contributed by atoms with E-state index in [-0.39, 0.29) is 0 Å². The average molecular weight is 226 g/mol. The average Bonchev–Trinajstić information content (AvgIpc) is 2.24. The Bertz CT molecular complexity index is 325. The standard InChI is InChI=1S/C12H16ClNO/c1-10(13)9-14-12-6-4-3-5-11(12)7-8-15-2/h3-6,14H,1,7-9H2,2H3. The lowest BCUT2D eigenvalue weighted by Crippen LogP contribution is -2.05. The van der Waals surface area contributed by atoms with Crippen LogP contribution in [0.5, 0.6) is 0 Å². The van der Waals surface area contributed by atoms with Gasteiger partial charge in [-0.25, -0.2) is 0 Å². The Morgan fingerprint density at radius 3 is 2.87 bits per heavy atom.